The Hall–Kier alpha value is -2.02. The Kier molecular flexibility index (Phi) is 3.16. The van der Waals surface area contributed by atoms with E-state index in [0.717, 1.165) is 29.7 Å². The van der Waals surface area contributed by atoms with Crippen molar-refractivity contribution < 1.29 is 8.42 Å². The molecule has 1 aliphatic rings. The van der Waals surface area contributed by atoms with Crippen molar-refractivity contribution in [1.82, 2.24) is 9.55 Å². The number of rotatable bonds is 2. The van der Waals surface area contributed by atoms with E-state index in [9.17, 15) is 8.42 Å². The first-order valence-electron chi connectivity index (χ1n) is 6.80. The first kappa shape index (κ1) is 13.9. The van der Waals surface area contributed by atoms with Crippen LogP contribution in [0.4, 0.5) is 11.5 Å². The summed E-state index contributed by atoms with van der Waals surface area (Å²) in [6.45, 7) is 2.47. The Bertz CT molecular complexity index is 776. The molecule has 1 aromatic heterocycles. The second kappa shape index (κ2) is 4.77. The number of fused-ring (bicyclic) bond motifs is 1. The van der Waals surface area contributed by atoms with E-state index in [-0.39, 0.29) is 10.8 Å². The molecule has 0 amide bonds. The van der Waals surface area contributed by atoms with Gasteiger partial charge in [-0.15, -0.1) is 0 Å². The van der Waals surface area contributed by atoms with Gasteiger partial charge in [0.2, 0.25) is 0 Å². The number of hydrogen-bond donors (Lipinski definition) is 1. The fraction of sp³-hybridized carbons (Fsp3) is 0.357. The molecule has 112 valence electrons. The standard InChI is InChI=1S/C14H18N4O2S/c1-10-5-6-12-11(8-10)4-3-7-18(12)21(19,20)14-13(15)16-9-17(14)2/h5-6,8-9H,3-4,7,15H2,1-2H3. The Morgan fingerprint density at radius 3 is 2.76 bits per heavy atom. The normalized spacial score (nSPS) is 15.0. The zero-order chi connectivity index (χ0) is 15.2. The van der Waals surface area contributed by atoms with E-state index in [1.54, 1.807) is 7.05 Å². The third kappa shape index (κ3) is 2.17. The summed E-state index contributed by atoms with van der Waals surface area (Å²) in [7, 11) is -2.06. The smallest absolute Gasteiger partial charge is 0.283 e. The third-order valence-corrected chi connectivity index (χ3v) is 5.70. The summed E-state index contributed by atoms with van der Waals surface area (Å²) in [6, 6.07) is 5.84. The lowest BCUT2D eigenvalue weighted by molar-refractivity contribution is 0.577. The summed E-state index contributed by atoms with van der Waals surface area (Å²) in [4.78, 5) is 3.88. The minimum absolute atomic E-state index is 0.0386. The number of anilines is 2. The minimum atomic E-state index is -3.70. The quantitative estimate of drug-likeness (QED) is 0.910. The highest BCUT2D eigenvalue weighted by atomic mass is 32.2. The number of sulfonamides is 1. The van der Waals surface area contributed by atoms with Gasteiger partial charge < -0.3 is 10.3 Å². The van der Waals surface area contributed by atoms with Crippen LogP contribution in [0.25, 0.3) is 0 Å². The van der Waals surface area contributed by atoms with Crippen molar-refractivity contribution in [2.45, 2.75) is 24.8 Å². The summed E-state index contributed by atoms with van der Waals surface area (Å²) < 4.78 is 28.7. The molecule has 0 unspecified atom stereocenters. The van der Waals surface area contributed by atoms with Crippen LogP contribution in [0.15, 0.2) is 29.6 Å². The Balaban J connectivity index is 2.14. The lowest BCUT2D eigenvalue weighted by Gasteiger charge is -2.30. The summed E-state index contributed by atoms with van der Waals surface area (Å²) in [6.07, 6.45) is 3.11. The molecule has 2 aromatic rings. The highest BCUT2D eigenvalue weighted by molar-refractivity contribution is 7.92. The van der Waals surface area contributed by atoms with E-state index in [1.807, 2.05) is 25.1 Å². The average Bonchev–Trinajstić information content (AvgIpc) is 2.77. The number of aromatic nitrogens is 2. The molecular formula is C14H18N4O2S. The summed E-state index contributed by atoms with van der Waals surface area (Å²) in [5, 5.41) is 0.0518. The average molecular weight is 306 g/mol. The van der Waals surface area contributed by atoms with Crippen molar-refractivity contribution in [3.05, 3.63) is 35.7 Å². The molecule has 2 N–H and O–H groups in total. The zero-order valence-corrected chi connectivity index (χ0v) is 12.9. The molecule has 3 rings (SSSR count). The zero-order valence-electron chi connectivity index (χ0n) is 12.1. The SMILES string of the molecule is Cc1ccc2c(c1)CCCN2S(=O)(=O)c1c(N)ncn1C. The largest absolute Gasteiger partial charge is 0.381 e. The van der Waals surface area contributed by atoms with Gasteiger partial charge in [-0.2, -0.15) is 8.42 Å². The van der Waals surface area contributed by atoms with E-state index < -0.39 is 10.0 Å². The molecule has 0 aliphatic carbocycles. The van der Waals surface area contributed by atoms with Crippen molar-refractivity contribution in [2.75, 3.05) is 16.6 Å². The maximum absolute atomic E-state index is 12.9. The minimum Gasteiger partial charge on any atom is -0.381 e. The maximum Gasteiger partial charge on any atom is 0.283 e. The number of imidazole rings is 1. The van der Waals surface area contributed by atoms with Crippen LogP contribution in [0.5, 0.6) is 0 Å². The third-order valence-electron chi connectivity index (χ3n) is 3.75. The molecule has 0 atom stereocenters. The van der Waals surface area contributed by atoms with Gasteiger partial charge in [0.05, 0.1) is 12.0 Å². The second-order valence-electron chi connectivity index (χ2n) is 5.36. The monoisotopic (exact) mass is 306 g/mol. The van der Waals surface area contributed by atoms with Crippen LogP contribution >= 0.6 is 0 Å². The number of hydrogen-bond acceptors (Lipinski definition) is 4. The highest BCUT2D eigenvalue weighted by Gasteiger charge is 2.33. The van der Waals surface area contributed by atoms with Gasteiger partial charge in [-0.3, -0.25) is 4.31 Å². The predicted molar refractivity (Wildman–Crippen MR) is 81.7 cm³/mol. The topological polar surface area (TPSA) is 81.2 Å². The molecule has 21 heavy (non-hydrogen) atoms. The summed E-state index contributed by atoms with van der Waals surface area (Å²) in [5.41, 5.74) is 8.68. The van der Waals surface area contributed by atoms with Crippen LogP contribution in [0.3, 0.4) is 0 Å². The van der Waals surface area contributed by atoms with Crippen molar-refractivity contribution in [2.24, 2.45) is 7.05 Å². The van der Waals surface area contributed by atoms with Crippen LogP contribution in [0.1, 0.15) is 17.5 Å². The molecule has 6 nitrogen and oxygen atoms in total. The van der Waals surface area contributed by atoms with Crippen LogP contribution in [0, 0.1) is 6.92 Å². The number of nitrogens with zero attached hydrogens (tertiary/aromatic N) is 3. The van der Waals surface area contributed by atoms with Crippen LogP contribution in [-0.4, -0.2) is 24.5 Å². The predicted octanol–water partition coefficient (Wildman–Crippen LogP) is 1.45. The van der Waals surface area contributed by atoms with E-state index in [2.05, 4.69) is 4.98 Å². The molecule has 0 radical (unpaired) electrons. The highest BCUT2D eigenvalue weighted by Crippen LogP contribution is 2.33. The van der Waals surface area contributed by atoms with Gasteiger partial charge in [0, 0.05) is 13.6 Å². The van der Waals surface area contributed by atoms with E-state index in [4.69, 9.17) is 5.73 Å². The molecule has 1 aliphatic heterocycles. The molecule has 0 bridgehead atoms. The molecule has 0 saturated carbocycles. The first-order valence-corrected chi connectivity index (χ1v) is 8.24. The van der Waals surface area contributed by atoms with Crippen molar-refractivity contribution in [1.29, 1.82) is 0 Å². The van der Waals surface area contributed by atoms with Crippen LogP contribution < -0.4 is 10.0 Å². The molecule has 0 spiro atoms. The van der Waals surface area contributed by atoms with Crippen molar-refractivity contribution >= 4 is 21.5 Å². The van der Waals surface area contributed by atoms with Crippen LogP contribution in [-0.2, 0) is 23.5 Å². The van der Waals surface area contributed by atoms with Crippen LogP contribution in [0.2, 0.25) is 0 Å². The summed E-state index contributed by atoms with van der Waals surface area (Å²) >= 11 is 0. The van der Waals surface area contributed by atoms with Gasteiger partial charge in [0.15, 0.2) is 10.8 Å². The van der Waals surface area contributed by atoms with E-state index in [1.165, 1.54) is 15.2 Å². The Morgan fingerprint density at radius 2 is 2.10 bits per heavy atom. The molecule has 2 heterocycles. The Morgan fingerprint density at radius 1 is 1.33 bits per heavy atom. The van der Waals surface area contributed by atoms with E-state index in [0.29, 0.717) is 6.54 Å². The van der Waals surface area contributed by atoms with Crippen molar-refractivity contribution in [3.63, 3.8) is 0 Å². The van der Waals surface area contributed by atoms with Gasteiger partial charge >= 0.3 is 0 Å². The van der Waals surface area contributed by atoms with Gasteiger partial charge in [-0.25, -0.2) is 4.98 Å². The summed E-state index contributed by atoms with van der Waals surface area (Å²) in [5.74, 6) is 0.0386. The fourth-order valence-corrected chi connectivity index (χ4v) is 4.54. The maximum atomic E-state index is 12.9. The molecular weight excluding hydrogens is 288 g/mol. The Labute approximate surface area is 124 Å². The molecule has 0 fully saturated rings. The number of nitrogens with two attached hydrogens (primary N) is 1. The molecule has 7 heteroatoms. The number of nitrogen functional groups attached to an aromatic ring is 1. The van der Waals surface area contributed by atoms with Gasteiger partial charge in [-0.1, -0.05) is 17.7 Å². The second-order valence-corrected chi connectivity index (χ2v) is 7.14. The number of benzene rings is 1. The fourth-order valence-electron chi connectivity index (χ4n) is 2.80. The molecule has 0 saturated heterocycles. The van der Waals surface area contributed by atoms with Gasteiger partial charge in [-0.05, 0) is 31.4 Å². The van der Waals surface area contributed by atoms with Crippen molar-refractivity contribution in [3.8, 4) is 0 Å². The molecule has 1 aromatic carbocycles. The van der Waals surface area contributed by atoms with E-state index >= 15 is 0 Å². The number of aryl methyl sites for hydroxylation is 3. The van der Waals surface area contributed by atoms with Gasteiger partial charge in [0.1, 0.15) is 0 Å². The first-order chi connectivity index (χ1) is 9.91. The lowest BCUT2D eigenvalue weighted by Crippen LogP contribution is -2.36. The van der Waals surface area contributed by atoms with Gasteiger partial charge in [0.25, 0.3) is 10.0 Å². The lowest BCUT2D eigenvalue weighted by atomic mass is 10.0.